The number of nitrogens with zero attached hydrogens (tertiary/aromatic N) is 2. The fourth-order valence-corrected chi connectivity index (χ4v) is 1.62. The minimum Gasteiger partial charge on any atom is -0.331 e. The Balaban J connectivity index is 2.58. The molecule has 3 heteroatoms. The average Bonchev–Trinajstić information content (AvgIpc) is 2.49. The first-order valence-electron chi connectivity index (χ1n) is 4.41. The number of rotatable bonds is 2. The van der Waals surface area contributed by atoms with Crippen LogP contribution in [0.3, 0.4) is 0 Å². The molecule has 0 atom stereocenters. The van der Waals surface area contributed by atoms with E-state index in [0.29, 0.717) is 0 Å². The van der Waals surface area contributed by atoms with Gasteiger partial charge in [0, 0.05) is 11.6 Å². The lowest BCUT2D eigenvalue weighted by atomic mass is 10.3. The Hall–Kier alpha value is -1.02. The number of fused-ring (bicyclic) bond motifs is 1. The summed E-state index contributed by atoms with van der Waals surface area (Å²) in [7, 11) is 0. The molecule has 68 valence electrons. The molecule has 0 spiro atoms. The van der Waals surface area contributed by atoms with Gasteiger partial charge in [0.1, 0.15) is 0 Å². The van der Waals surface area contributed by atoms with E-state index in [0.717, 1.165) is 29.0 Å². The fourth-order valence-electron chi connectivity index (χ4n) is 1.45. The summed E-state index contributed by atoms with van der Waals surface area (Å²) in [6.07, 6.45) is 2.97. The number of imidazole rings is 1. The number of hydrogen-bond donors (Lipinski definition) is 0. The molecule has 0 aliphatic rings. The first-order chi connectivity index (χ1) is 6.31. The highest BCUT2D eigenvalue weighted by atomic mass is 35.5. The second kappa shape index (κ2) is 3.38. The topological polar surface area (TPSA) is 17.8 Å². The standard InChI is InChI=1S/C10H11ClN2/c1-2-5-13-7-12-9-4-3-8(11)6-10(9)13/h3-4,6-7H,2,5H2,1H3. The van der Waals surface area contributed by atoms with Gasteiger partial charge in [-0.3, -0.25) is 0 Å². The summed E-state index contributed by atoms with van der Waals surface area (Å²) in [5, 5.41) is 0.769. The fraction of sp³-hybridized carbons (Fsp3) is 0.300. The van der Waals surface area contributed by atoms with Crippen LogP contribution in [0, 0.1) is 0 Å². The van der Waals surface area contributed by atoms with Crippen LogP contribution in [-0.2, 0) is 6.54 Å². The molecule has 1 aromatic carbocycles. The third-order valence-electron chi connectivity index (χ3n) is 2.05. The van der Waals surface area contributed by atoms with Crippen LogP contribution in [0.4, 0.5) is 0 Å². The third-order valence-corrected chi connectivity index (χ3v) is 2.28. The van der Waals surface area contributed by atoms with Gasteiger partial charge < -0.3 is 4.57 Å². The van der Waals surface area contributed by atoms with Gasteiger partial charge in [0.15, 0.2) is 0 Å². The highest BCUT2D eigenvalue weighted by Crippen LogP contribution is 2.18. The van der Waals surface area contributed by atoms with Gasteiger partial charge in [-0.25, -0.2) is 4.98 Å². The molecule has 0 bridgehead atoms. The molecule has 0 N–H and O–H groups in total. The molecule has 1 aromatic heterocycles. The predicted molar refractivity (Wildman–Crippen MR) is 55.0 cm³/mol. The smallest absolute Gasteiger partial charge is 0.0958 e. The van der Waals surface area contributed by atoms with Gasteiger partial charge in [-0.1, -0.05) is 18.5 Å². The van der Waals surface area contributed by atoms with Gasteiger partial charge in [0.25, 0.3) is 0 Å². The Bertz CT molecular complexity index is 420. The van der Waals surface area contributed by atoms with E-state index in [1.165, 1.54) is 0 Å². The van der Waals surface area contributed by atoms with E-state index >= 15 is 0 Å². The molecule has 0 aliphatic carbocycles. The van der Waals surface area contributed by atoms with Crippen LogP contribution in [0.2, 0.25) is 5.02 Å². The van der Waals surface area contributed by atoms with Crippen molar-refractivity contribution >= 4 is 22.6 Å². The van der Waals surface area contributed by atoms with Crippen molar-refractivity contribution in [2.24, 2.45) is 0 Å². The summed E-state index contributed by atoms with van der Waals surface area (Å²) in [4.78, 5) is 4.28. The molecule has 0 radical (unpaired) electrons. The second-order valence-electron chi connectivity index (χ2n) is 3.07. The predicted octanol–water partition coefficient (Wildman–Crippen LogP) is 3.10. The summed E-state index contributed by atoms with van der Waals surface area (Å²) in [6.45, 7) is 3.15. The van der Waals surface area contributed by atoms with Crippen molar-refractivity contribution in [1.29, 1.82) is 0 Å². The van der Waals surface area contributed by atoms with Crippen LogP contribution in [0.25, 0.3) is 11.0 Å². The Morgan fingerprint density at radius 2 is 2.31 bits per heavy atom. The molecule has 1 heterocycles. The number of halogens is 1. The van der Waals surface area contributed by atoms with Gasteiger partial charge in [-0.15, -0.1) is 0 Å². The largest absolute Gasteiger partial charge is 0.331 e. The Labute approximate surface area is 82.1 Å². The van der Waals surface area contributed by atoms with Crippen LogP contribution < -0.4 is 0 Å². The number of hydrogen-bond acceptors (Lipinski definition) is 1. The molecular formula is C10H11ClN2. The molecule has 0 saturated carbocycles. The number of benzene rings is 1. The third kappa shape index (κ3) is 1.54. The van der Waals surface area contributed by atoms with E-state index in [1.54, 1.807) is 0 Å². The monoisotopic (exact) mass is 194 g/mol. The van der Waals surface area contributed by atoms with Gasteiger partial charge >= 0.3 is 0 Å². The van der Waals surface area contributed by atoms with Crippen LogP contribution in [-0.4, -0.2) is 9.55 Å². The maximum absolute atomic E-state index is 5.91. The number of aryl methyl sites for hydroxylation is 1. The molecular weight excluding hydrogens is 184 g/mol. The highest BCUT2D eigenvalue weighted by Gasteiger charge is 2.01. The summed E-state index contributed by atoms with van der Waals surface area (Å²) in [6, 6.07) is 5.77. The number of aromatic nitrogens is 2. The minimum absolute atomic E-state index is 0.769. The molecule has 0 amide bonds. The van der Waals surface area contributed by atoms with Crippen molar-refractivity contribution < 1.29 is 0 Å². The van der Waals surface area contributed by atoms with E-state index in [4.69, 9.17) is 11.6 Å². The van der Waals surface area contributed by atoms with Crippen LogP contribution in [0.15, 0.2) is 24.5 Å². The molecule has 0 aliphatic heterocycles. The summed E-state index contributed by atoms with van der Waals surface area (Å²) in [5.41, 5.74) is 2.13. The first-order valence-corrected chi connectivity index (χ1v) is 4.79. The lowest BCUT2D eigenvalue weighted by Gasteiger charge is -2.00. The highest BCUT2D eigenvalue weighted by molar-refractivity contribution is 6.31. The summed E-state index contributed by atoms with van der Waals surface area (Å²) in [5.74, 6) is 0. The summed E-state index contributed by atoms with van der Waals surface area (Å²) < 4.78 is 2.13. The van der Waals surface area contributed by atoms with Crippen LogP contribution in [0.1, 0.15) is 13.3 Å². The summed E-state index contributed by atoms with van der Waals surface area (Å²) >= 11 is 5.91. The molecule has 0 unspecified atom stereocenters. The molecule has 0 saturated heterocycles. The van der Waals surface area contributed by atoms with Crippen molar-refractivity contribution in [3.8, 4) is 0 Å². The van der Waals surface area contributed by atoms with Crippen molar-refractivity contribution in [3.05, 3.63) is 29.5 Å². The van der Waals surface area contributed by atoms with Gasteiger partial charge in [-0.2, -0.15) is 0 Å². The van der Waals surface area contributed by atoms with Crippen LogP contribution in [0.5, 0.6) is 0 Å². The molecule has 2 aromatic rings. The zero-order chi connectivity index (χ0) is 9.26. The Kier molecular flexibility index (Phi) is 2.23. The molecule has 2 rings (SSSR count). The average molecular weight is 195 g/mol. The zero-order valence-electron chi connectivity index (χ0n) is 7.50. The lowest BCUT2D eigenvalue weighted by Crippen LogP contribution is -1.93. The first kappa shape index (κ1) is 8.57. The van der Waals surface area contributed by atoms with E-state index in [9.17, 15) is 0 Å². The molecule has 13 heavy (non-hydrogen) atoms. The minimum atomic E-state index is 0.769. The molecule has 2 nitrogen and oxygen atoms in total. The van der Waals surface area contributed by atoms with Gasteiger partial charge in [-0.05, 0) is 24.6 Å². The SMILES string of the molecule is CCCn1cnc2ccc(Cl)cc21. The van der Waals surface area contributed by atoms with E-state index in [2.05, 4.69) is 16.5 Å². The Morgan fingerprint density at radius 1 is 1.46 bits per heavy atom. The maximum atomic E-state index is 5.91. The lowest BCUT2D eigenvalue weighted by molar-refractivity contribution is 0.697. The van der Waals surface area contributed by atoms with E-state index in [-0.39, 0.29) is 0 Å². The Morgan fingerprint density at radius 3 is 3.08 bits per heavy atom. The van der Waals surface area contributed by atoms with Crippen molar-refractivity contribution in [2.45, 2.75) is 19.9 Å². The van der Waals surface area contributed by atoms with Crippen molar-refractivity contribution in [2.75, 3.05) is 0 Å². The van der Waals surface area contributed by atoms with E-state index in [1.807, 2.05) is 24.5 Å². The van der Waals surface area contributed by atoms with Crippen LogP contribution >= 0.6 is 11.6 Å². The van der Waals surface area contributed by atoms with Crippen molar-refractivity contribution in [1.82, 2.24) is 9.55 Å². The quantitative estimate of drug-likeness (QED) is 0.719. The zero-order valence-corrected chi connectivity index (χ0v) is 8.25. The van der Waals surface area contributed by atoms with E-state index < -0.39 is 0 Å². The van der Waals surface area contributed by atoms with Crippen molar-refractivity contribution in [3.63, 3.8) is 0 Å². The normalized spacial score (nSPS) is 10.9. The van der Waals surface area contributed by atoms with Gasteiger partial charge in [0.2, 0.25) is 0 Å². The van der Waals surface area contributed by atoms with Gasteiger partial charge in [0.05, 0.1) is 17.4 Å². The second-order valence-corrected chi connectivity index (χ2v) is 3.51. The molecule has 0 fully saturated rings. The maximum Gasteiger partial charge on any atom is 0.0958 e.